The molecule has 0 aliphatic heterocycles. The highest BCUT2D eigenvalue weighted by atomic mass is 19.3. The van der Waals surface area contributed by atoms with E-state index in [9.17, 15) is 18.7 Å². The van der Waals surface area contributed by atoms with Crippen molar-refractivity contribution < 1.29 is 23.4 Å². The predicted octanol–water partition coefficient (Wildman–Crippen LogP) is 2.40. The summed E-state index contributed by atoms with van der Waals surface area (Å²) in [5, 5.41) is 12.4. The Kier molecular flexibility index (Phi) is 6.70. The van der Waals surface area contributed by atoms with Crippen LogP contribution in [0.1, 0.15) is 42.5 Å². The standard InChI is InChI=1S/C16H22F2N2O3/c17-14(18)10-23-16-12(6-4-8-19-16)15(22)20-13-7-3-1-2-5-11(13)9-21/h4,6,8,11,13-14,21H,1-3,5,7,9-10H2,(H,20,22). The number of nitrogens with zero attached hydrogens (tertiary/aromatic N) is 1. The maximum absolute atomic E-state index is 12.5. The Balaban J connectivity index is 2.07. The van der Waals surface area contributed by atoms with Gasteiger partial charge in [-0.05, 0) is 25.0 Å². The molecular formula is C16H22F2N2O3. The number of carbonyl (C=O) groups excluding carboxylic acids is 1. The number of nitrogens with one attached hydrogen (secondary N) is 1. The topological polar surface area (TPSA) is 71.5 Å². The number of pyridine rings is 1. The summed E-state index contributed by atoms with van der Waals surface area (Å²) in [6.07, 6.45) is 3.52. The number of hydrogen-bond donors (Lipinski definition) is 2. The first-order valence-electron chi connectivity index (χ1n) is 7.89. The molecule has 1 aliphatic rings. The van der Waals surface area contributed by atoms with Gasteiger partial charge < -0.3 is 15.2 Å². The zero-order chi connectivity index (χ0) is 16.7. The number of carbonyl (C=O) groups is 1. The van der Waals surface area contributed by atoms with E-state index in [1.54, 1.807) is 6.07 Å². The molecule has 1 fully saturated rings. The van der Waals surface area contributed by atoms with Gasteiger partial charge in [-0.15, -0.1) is 0 Å². The van der Waals surface area contributed by atoms with Gasteiger partial charge in [-0.1, -0.05) is 19.3 Å². The lowest BCUT2D eigenvalue weighted by Gasteiger charge is -2.24. The van der Waals surface area contributed by atoms with Crippen molar-refractivity contribution >= 4 is 5.91 Å². The number of hydrogen-bond acceptors (Lipinski definition) is 4. The molecule has 0 aromatic carbocycles. The van der Waals surface area contributed by atoms with Crippen LogP contribution in [-0.2, 0) is 0 Å². The molecule has 7 heteroatoms. The van der Waals surface area contributed by atoms with Crippen LogP contribution >= 0.6 is 0 Å². The maximum atomic E-state index is 12.5. The molecule has 1 amide bonds. The van der Waals surface area contributed by atoms with E-state index in [1.807, 2.05) is 0 Å². The van der Waals surface area contributed by atoms with Crippen LogP contribution in [0.4, 0.5) is 8.78 Å². The Bertz CT molecular complexity index is 514. The first-order chi connectivity index (χ1) is 11.1. The van der Waals surface area contributed by atoms with Gasteiger partial charge in [-0.3, -0.25) is 4.79 Å². The number of rotatable bonds is 6. The molecule has 1 aromatic rings. The normalized spacial score (nSPS) is 21.7. The highest BCUT2D eigenvalue weighted by Gasteiger charge is 2.26. The molecule has 1 heterocycles. The van der Waals surface area contributed by atoms with E-state index in [1.165, 1.54) is 12.3 Å². The summed E-state index contributed by atoms with van der Waals surface area (Å²) in [7, 11) is 0. The van der Waals surface area contributed by atoms with E-state index in [2.05, 4.69) is 10.3 Å². The van der Waals surface area contributed by atoms with Gasteiger partial charge in [0, 0.05) is 24.8 Å². The number of aliphatic hydroxyl groups is 1. The van der Waals surface area contributed by atoms with Crippen LogP contribution in [0.5, 0.6) is 5.88 Å². The summed E-state index contributed by atoms with van der Waals surface area (Å²) in [4.78, 5) is 16.3. The second kappa shape index (κ2) is 8.76. The van der Waals surface area contributed by atoms with Crippen molar-refractivity contribution in [1.82, 2.24) is 10.3 Å². The molecule has 2 unspecified atom stereocenters. The Morgan fingerprint density at radius 1 is 1.39 bits per heavy atom. The minimum absolute atomic E-state index is 0.0172. The number of halogens is 2. The molecule has 2 rings (SSSR count). The lowest BCUT2D eigenvalue weighted by atomic mass is 9.95. The second-order valence-corrected chi connectivity index (χ2v) is 5.72. The van der Waals surface area contributed by atoms with Crippen molar-refractivity contribution in [2.75, 3.05) is 13.2 Å². The predicted molar refractivity (Wildman–Crippen MR) is 80.7 cm³/mol. The first kappa shape index (κ1) is 17.6. The van der Waals surface area contributed by atoms with Crippen molar-refractivity contribution in [3.05, 3.63) is 23.9 Å². The average molecular weight is 328 g/mol. The van der Waals surface area contributed by atoms with E-state index in [0.717, 1.165) is 32.1 Å². The zero-order valence-corrected chi connectivity index (χ0v) is 12.9. The van der Waals surface area contributed by atoms with Crippen molar-refractivity contribution in [1.29, 1.82) is 0 Å². The SMILES string of the molecule is O=C(NC1CCCCCC1CO)c1cccnc1OCC(F)F. The molecule has 0 spiro atoms. The van der Waals surface area contributed by atoms with E-state index in [4.69, 9.17) is 4.74 Å². The van der Waals surface area contributed by atoms with E-state index < -0.39 is 18.9 Å². The van der Waals surface area contributed by atoms with Gasteiger partial charge in [0.1, 0.15) is 5.56 Å². The van der Waals surface area contributed by atoms with Crippen LogP contribution in [-0.4, -0.2) is 41.7 Å². The Morgan fingerprint density at radius 2 is 2.17 bits per heavy atom. The minimum Gasteiger partial charge on any atom is -0.471 e. The molecule has 5 nitrogen and oxygen atoms in total. The second-order valence-electron chi connectivity index (χ2n) is 5.72. The molecular weight excluding hydrogens is 306 g/mol. The number of aromatic nitrogens is 1. The summed E-state index contributed by atoms with van der Waals surface area (Å²) >= 11 is 0. The van der Waals surface area contributed by atoms with E-state index in [-0.39, 0.29) is 30.0 Å². The fourth-order valence-corrected chi connectivity index (χ4v) is 2.86. The molecule has 128 valence electrons. The Morgan fingerprint density at radius 3 is 2.91 bits per heavy atom. The van der Waals surface area contributed by atoms with Crippen LogP contribution in [0.15, 0.2) is 18.3 Å². The van der Waals surface area contributed by atoms with Gasteiger partial charge in [0.05, 0.1) is 0 Å². The molecule has 1 saturated carbocycles. The number of aliphatic hydroxyl groups excluding tert-OH is 1. The molecule has 23 heavy (non-hydrogen) atoms. The molecule has 0 bridgehead atoms. The molecule has 0 saturated heterocycles. The van der Waals surface area contributed by atoms with E-state index in [0.29, 0.717) is 0 Å². The summed E-state index contributed by atoms with van der Waals surface area (Å²) in [6, 6.07) is 2.92. The van der Waals surface area contributed by atoms with Crippen molar-refractivity contribution in [3.63, 3.8) is 0 Å². The van der Waals surface area contributed by atoms with Gasteiger partial charge in [-0.2, -0.15) is 0 Å². The molecule has 1 aromatic heterocycles. The van der Waals surface area contributed by atoms with Crippen molar-refractivity contribution in [3.8, 4) is 5.88 Å². The lowest BCUT2D eigenvalue weighted by Crippen LogP contribution is -2.41. The van der Waals surface area contributed by atoms with Gasteiger partial charge >= 0.3 is 0 Å². The first-order valence-corrected chi connectivity index (χ1v) is 7.89. The molecule has 0 radical (unpaired) electrons. The van der Waals surface area contributed by atoms with Crippen LogP contribution < -0.4 is 10.1 Å². The third-order valence-electron chi connectivity index (χ3n) is 4.07. The highest BCUT2D eigenvalue weighted by molar-refractivity contribution is 5.96. The van der Waals surface area contributed by atoms with Crippen LogP contribution in [0, 0.1) is 5.92 Å². The Labute approximate surface area is 134 Å². The number of ether oxygens (including phenoxy) is 1. The molecule has 2 N–H and O–H groups in total. The fraction of sp³-hybridized carbons (Fsp3) is 0.625. The summed E-state index contributed by atoms with van der Waals surface area (Å²) < 4.78 is 29.5. The summed E-state index contributed by atoms with van der Waals surface area (Å²) in [6.45, 7) is -0.785. The van der Waals surface area contributed by atoms with Crippen molar-refractivity contribution in [2.45, 2.75) is 44.6 Å². The van der Waals surface area contributed by atoms with Gasteiger partial charge in [-0.25, -0.2) is 13.8 Å². The minimum atomic E-state index is -2.63. The van der Waals surface area contributed by atoms with E-state index >= 15 is 0 Å². The summed E-state index contributed by atoms with van der Waals surface area (Å²) in [5.41, 5.74) is 0.133. The number of alkyl halides is 2. The van der Waals surface area contributed by atoms with Crippen LogP contribution in [0.3, 0.4) is 0 Å². The summed E-state index contributed by atoms with van der Waals surface area (Å²) in [5.74, 6) is -0.490. The van der Waals surface area contributed by atoms with Gasteiger partial charge in [0.15, 0.2) is 6.61 Å². The highest BCUT2D eigenvalue weighted by Crippen LogP contribution is 2.24. The van der Waals surface area contributed by atoms with Crippen LogP contribution in [0.25, 0.3) is 0 Å². The van der Waals surface area contributed by atoms with Crippen molar-refractivity contribution in [2.24, 2.45) is 5.92 Å². The maximum Gasteiger partial charge on any atom is 0.272 e. The third-order valence-corrected chi connectivity index (χ3v) is 4.07. The largest absolute Gasteiger partial charge is 0.471 e. The van der Waals surface area contributed by atoms with Crippen LogP contribution in [0.2, 0.25) is 0 Å². The molecule has 2 atom stereocenters. The fourth-order valence-electron chi connectivity index (χ4n) is 2.86. The average Bonchev–Trinajstić information content (AvgIpc) is 2.78. The Hall–Kier alpha value is -1.76. The van der Waals surface area contributed by atoms with Gasteiger partial charge in [0.2, 0.25) is 5.88 Å². The zero-order valence-electron chi connectivity index (χ0n) is 12.9. The molecule has 1 aliphatic carbocycles. The smallest absolute Gasteiger partial charge is 0.272 e. The number of amides is 1. The lowest BCUT2D eigenvalue weighted by molar-refractivity contribution is 0.0764. The monoisotopic (exact) mass is 328 g/mol. The third kappa shape index (κ3) is 5.13. The quantitative estimate of drug-likeness (QED) is 0.787. The van der Waals surface area contributed by atoms with Gasteiger partial charge in [0.25, 0.3) is 12.3 Å².